The Labute approximate surface area is 146 Å². The first-order valence-electron chi connectivity index (χ1n) is 8.35. The summed E-state index contributed by atoms with van der Waals surface area (Å²) in [6, 6.07) is 15.3. The molecule has 0 aromatic heterocycles. The third-order valence-corrected chi connectivity index (χ3v) is 4.35. The maximum absolute atomic E-state index is 12.8. The molecular formula is C20H19NO4. The van der Waals surface area contributed by atoms with Crippen molar-refractivity contribution in [2.24, 2.45) is 0 Å². The van der Waals surface area contributed by atoms with Crippen LogP contribution in [0.2, 0.25) is 0 Å². The van der Waals surface area contributed by atoms with E-state index in [-0.39, 0.29) is 12.6 Å². The van der Waals surface area contributed by atoms with E-state index in [0.717, 1.165) is 24.4 Å². The summed E-state index contributed by atoms with van der Waals surface area (Å²) in [6.45, 7) is 3.08. The van der Waals surface area contributed by atoms with Crippen molar-refractivity contribution in [2.45, 2.75) is 0 Å². The summed E-state index contributed by atoms with van der Waals surface area (Å²) >= 11 is 0. The highest BCUT2D eigenvalue weighted by molar-refractivity contribution is 6.08. The summed E-state index contributed by atoms with van der Waals surface area (Å²) < 4.78 is 16.1. The number of carbonyl (C=O) groups excluding carboxylic acids is 1. The number of fused-ring (bicyclic) bond motifs is 1. The molecular weight excluding hydrogens is 318 g/mol. The van der Waals surface area contributed by atoms with Crippen molar-refractivity contribution < 1.29 is 19.0 Å². The van der Waals surface area contributed by atoms with Gasteiger partial charge in [-0.15, -0.1) is 0 Å². The molecule has 2 aliphatic rings. The van der Waals surface area contributed by atoms with Crippen LogP contribution in [0.15, 0.2) is 54.6 Å². The zero-order valence-electron chi connectivity index (χ0n) is 13.8. The number of hydrogen-bond acceptors (Lipinski definition) is 5. The van der Waals surface area contributed by atoms with Gasteiger partial charge in [-0.25, -0.2) is 0 Å². The molecule has 0 bridgehead atoms. The maximum Gasteiger partial charge on any atom is 0.231 e. The molecule has 0 amide bonds. The Kier molecular flexibility index (Phi) is 4.39. The number of morpholine rings is 1. The molecule has 2 heterocycles. The molecule has 2 aromatic rings. The van der Waals surface area contributed by atoms with Gasteiger partial charge in [0.2, 0.25) is 6.79 Å². The molecule has 25 heavy (non-hydrogen) atoms. The van der Waals surface area contributed by atoms with Gasteiger partial charge in [0.1, 0.15) is 0 Å². The van der Waals surface area contributed by atoms with Gasteiger partial charge in [0.25, 0.3) is 0 Å². The second kappa shape index (κ2) is 6.99. The van der Waals surface area contributed by atoms with Gasteiger partial charge < -0.3 is 19.1 Å². The summed E-state index contributed by atoms with van der Waals surface area (Å²) in [5, 5.41) is 0. The van der Waals surface area contributed by atoms with Crippen LogP contribution in [-0.2, 0) is 4.74 Å². The lowest BCUT2D eigenvalue weighted by Crippen LogP contribution is -2.35. The number of benzene rings is 2. The lowest BCUT2D eigenvalue weighted by molar-refractivity contribution is 0.0637. The van der Waals surface area contributed by atoms with Crippen LogP contribution < -0.4 is 9.47 Å². The van der Waals surface area contributed by atoms with Gasteiger partial charge in [-0.1, -0.05) is 30.3 Å². The van der Waals surface area contributed by atoms with Gasteiger partial charge in [-0.3, -0.25) is 4.79 Å². The van der Waals surface area contributed by atoms with E-state index in [1.54, 1.807) is 24.3 Å². The first kappa shape index (κ1) is 15.7. The number of nitrogens with zero attached hydrogens (tertiary/aromatic N) is 1. The number of carbonyl (C=O) groups is 1. The quantitative estimate of drug-likeness (QED) is 0.634. The smallest absolute Gasteiger partial charge is 0.231 e. The lowest BCUT2D eigenvalue weighted by Gasteiger charge is -2.31. The van der Waals surface area contributed by atoms with E-state index in [9.17, 15) is 4.79 Å². The van der Waals surface area contributed by atoms with Crippen LogP contribution in [0.4, 0.5) is 0 Å². The van der Waals surface area contributed by atoms with Gasteiger partial charge >= 0.3 is 0 Å². The SMILES string of the molecule is O=C(/C=C(\c1ccccc1)N1CCOCC1)c1ccc2c(c1)OCO2. The first-order chi connectivity index (χ1) is 12.3. The Bertz CT molecular complexity index is 795. The Morgan fingerprint density at radius 1 is 0.920 bits per heavy atom. The third-order valence-electron chi connectivity index (χ3n) is 4.35. The predicted octanol–water partition coefficient (Wildman–Crippen LogP) is 2.97. The highest BCUT2D eigenvalue weighted by atomic mass is 16.7. The van der Waals surface area contributed by atoms with E-state index >= 15 is 0 Å². The molecule has 1 saturated heterocycles. The van der Waals surface area contributed by atoms with Crippen LogP contribution in [0.1, 0.15) is 15.9 Å². The number of hydrogen-bond donors (Lipinski definition) is 0. The molecule has 2 aliphatic heterocycles. The molecule has 0 radical (unpaired) electrons. The van der Waals surface area contributed by atoms with E-state index in [1.165, 1.54) is 0 Å². The number of ether oxygens (including phenoxy) is 3. The summed E-state index contributed by atoms with van der Waals surface area (Å²) in [7, 11) is 0. The van der Waals surface area contributed by atoms with Gasteiger partial charge in [-0.05, 0) is 23.8 Å². The molecule has 0 spiro atoms. The number of rotatable bonds is 4. The third kappa shape index (κ3) is 3.37. The van der Waals surface area contributed by atoms with E-state index in [1.807, 2.05) is 30.3 Å². The lowest BCUT2D eigenvalue weighted by atomic mass is 10.0. The fourth-order valence-corrected chi connectivity index (χ4v) is 3.03. The van der Waals surface area contributed by atoms with Crippen molar-refractivity contribution in [1.82, 2.24) is 4.90 Å². The Morgan fingerprint density at radius 3 is 2.48 bits per heavy atom. The molecule has 5 heteroatoms. The van der Waals surface area contributed by atoms with Crippen molar-refractivity contribution in [1.29, 1.82) is 0 Å². The molecule has 128 valence electrons. The minimum Gasteiger partial charge on any atom is -0.454 e. The predicted molar refractivity (Wildman–Crippen MR) is 93.7 cm³/mol. The summed E-state index contributed by atoms with van der Waals surface area (Å²) in [4.78, 5) is 15.0. The van der Waals surface area contributed by atoms with Crippen molar-refractivity contribution in [3.63, 3.8) is 0 Å². The second-order valence-corrected chi connectivity index (χ2v) is 5.93. The first-order valence-corrected chi connectivity index (χ1v) is 8.35. The zero-order chi connectivity index (χ0) is 17.1. The van der Waals surface area contributed by atoms with E-state index in [4.69, 9.17) is 14.2 Å². The second-order valence-electron chi connectivity index (χ2n) is 5.93. The highest BCUT2D eigenvalue weighted by Crippen LogP contribution is 2.33. The fraction of sp³-hybridized carbons (Fsp3) is 0.250. The van der Waals surface area contributed by atoms with Crippen LogP contribution in [0, 0.1) is 0 Å². The normalized spacial score (nSPS) is 16.8. The van der Waals surface area contributed by atoms with Gasteiger partial charge in [0.05, 0.1) is 13.2 Å². The monoisotopic (exact) mass is 337 g/mol. The Balaban J connectivity index is 1.67. The molecule has 1 fully saturated rings. The molecule has 5 nitrogen and oxygen atoms in total. The van der Waals surface area contributed by atoms with E-state index < -0.39 is 0 Å². The van der Waals surface area contributed by atoms with Crippen LogP contribution in [0.3, 0.4) is 0 Å². The Hall–Kier alpha value is -2.79. The van der Waals surface area contributed by atoms with Crippen molar-refractivity contribution in [2.75, 3.05) is 33.1 Å². The van der Waals surface area contributed by atoms with Crippen molar-refractivity contribution >= 4 is 11.5 Å². The molecule has 0 unspecified atom stereocenters. The molecule has 0 N–H and O–H groups in total. The largest absolute Gasteiger partial charge is 0.454 e. The van der Waals surface area contributed by atoms with Gasteiger partial charge in [-0.2, -0.15) is 0 Å². The maximum atomic E-state index is 12.8. The average Bonchev–Trinajstić information content (AvgIpc) is 3.15. The zero-order valence-corrected chi connectivity index (χ0v) is 13.8. The standard InChI is InChI=1S/C20H19NO4/c22-18(16-6-7-19-20(12-16)25-14-24-19)13-17(15-4-2-1-3-5-15)21-8-10-23-11-9-21/h1-7,12-13H,8-11,14H2/b17-13+. The molecule has 2 aromatic carbocycles. The van der Waals surface area contributed by atoms with E-state index in [2.05, 4.69) is 4.90 Å². The number of allylic oxidation sites excluding steroid dienone is 1. The number of ketones is 1. The molecule has 0 aliphatic carbocycles. The summed E-state index contributed by atoms with van der Waals surface area (Å²) in [5.41, 5.74) is 2.54. The van der Waals surface area contributed by atoms with Crippen LogP contribution in [0.25, 0.3) is 5.70 Å². The Morgan fingerprint density at radius 2 is 1.68 bits per heavy atom. The van der Waals surface area contributed by atoms with Crippen molar-refractivity contribution in [3.8, 4) is 11.5 Å². The van der Waals surface area contributed by atoms with Gasteiger partial charge in [0.15, 0.2) is 17.3 Å². The molecule has 4 rings (SSSR count). The minimum atomic E-state index is -0.0522. The van der Waals surface area contributed by atoms with Crippen LogP contribution >= 0.6 is 0 Å². The molecule has 0 atom stereocenters. The average molecular weight is 337 g/mol. The van der Waals surface area contributed by atoms with Gasteiger partial charge in [0, 0.05) is 30.4 Å². The summed E-state index contributed by atoms with van der Waals surface area (Å²) in [6.07, 6.45) is 1.71. The van der Waals surface area contributed by atoms with E-state index in [0.29, 0.717) is 30.3 Å². The van der Waals surface area contributed by atoms with Crippen LogP contribution in [0.5, 0.6) is 11.5 Å². The molecule has 0 saturated carbocycles. The van der Waals surface area contributed by atoms with Crippen molar-refractivity contribution in [3.05, 3.63) is 65.7 Å². The highest BCUT2D eigenvalue weighted by Gasteiger charge is 2.19. The topological polar surface area (TPSA) is 48.0 Å². The minimum absolute atomic E-state index is 0.0522. The fourth-order valence-electron chi connectivity index (χ4n) is 3.03. The summed E-state index contributed by atoms with van der Waals surface area (Å²) in [5.74, 6) is 1.24. The van der Waals surface area contributed by atoms with Crippen LogP contribution in [-0.4, -0.2) is 43.8 Å².